The number of sulfonamides is 1. The smallest absolute Gasteiger partial charge is 0.266 e. The van der Waals surface area contributed by atoms with E-state index in [9.17, 15) is 12.8 Å². The van der Waals surface area contributed by atoms with Gasteiger partial charge >= 0.3 is 0 Å². The van der Waals surface area contributed by atoms with Gasteiger partial charge in [-0.3, -0.25) is 8.71 Å². The monoisotopic (exact) mass is 426 g/mol. The Morgan fingerprint density at radius 2 is 1.77 bits per heavy atom. The van der Waals surface area contributed by atoms with Crippen molar-refractivity contribution in [2.45, 2.75) is 18.4 Å². The number of aromatic nitrogens is 3. The molecule has 0 aliphatic rings. The van der Waals surface area contributed by atoms with E-state index < -0.39 is 15.8 Å². The minimum absolute atomic E-state index is 0.0463. The van der Waals surface area contributed by atoms with Crippen LogP contribution in [0.2, 0.25) is 0 Å². The first-order chi connectivity index (χ1) is 14.4. The average molecular weight is 426 g/mol. The Bertz CT molecular complexity index is 1300. The molecule has 0 radical (unpaired) electrons. The summed E-state index contributed by atoms with van der Waals surface area (Å²) in [6, 6.07) is 15.7. The number of rotatable bonds is 6. The zero-order chi connectivity index (χ0) is 21.3. The minimum atomic E-state index is -4.03. The number of benzene rings is 2. The highest BCUT2D eigenvalue weighted by molar-refractivity contribution is 7.92. The maximum atomic E-state index is 14.3. The number of pyridine rings is 1. The maximum Gasteiger partial charge on any atom is 0.266 e. The van der Waals surface area contributed by atoms with Crippen molar-refractivity contribution >= 4 is 21.4 Å². The number of fused-ring (bicyclic) bond motifs is 1. The zero-order valence-electron chi connectivity index (χ0n) is 16.4. The van der Waals surface area contributed by atoms with E-state index in [1.54, 1.807) is 59.9 Å². The summed E-state index contributed by atoms with van der Waals surface area (Å²) in [6.45, 7) is 1.57. The molecule has 7 nitrogen and oxygen atoms in total. The molecular formula is C21H19FN4O3S. The molecule has 0 unspecified atom stereocenters. The van der Waals surface area contributed by atoms with Crippen LogP contribution in [0, 0.1) is 12.7 Å². The highest BCUT2D eigenvalue weighted by Crippen LogP contribution is 2.28. The molecule has 154 valence electrons. The van der Waals surface area contributed by atoms with E-state index in [1.165, 1.54) is 29.7 Å². The average Bonchev–Trinajstić information content (AvgIpc) is 3.13. The standard InChI is InChI=1S/C21H19FN4O3S/c1-15-23-24-21-12-11-19(14-25(15)21)30(27,28)26(13-16-5-3-4-6-20(16)22)17-7-9-18(29-2)10-8-17/h3-12,14H,13H2,1-2H3. The summed E-state index contributed by atoms with van der Waals surface area (Å²) >= 11 is 0. The molecule has 0 spiro atoms. The van der Waals surface area contributed by atoms with Crippen molar-refractivity contribution in [2.75, 3.05) is 11.4 Å². The third-order valence-electron chi connectivity index (χ3n) is 4.77. The molecule has 0 aliphatic carbocycles. The van der Waals surface area contributed by atoms with E-state index in [0.29, 0.717) is 22.9 Å². The van der Waals surface area contributed by atoms with Crippen molar-refractivity contribution in [3.8, 4) is 5.75 Å². The SMILES string of the molecule is COc1ccc(N(Cc2ccccc2F)S(=O)(=O)c2ccc3nnc(C)n3c2)cc1. The topological polar surface area (TPSA) is 76.8 Å². The van der Waals surface area contributed by atoms with Gasteiger partial charge in [0.1, 0.15) is 22.3 Å². The molecule has 0 N–H and O–H groups in total. The highest BCUT2D eigenvalue weighted by atomic mass is 32.2. The Labute approximate surface area is 173 Å². The first-order valence-corrected chi connectivity index (χ1v) is 10.6. The van der Waals surface area contributed by atoms with Crippen molar-refractivity contribution in [2.24, 2.45) is 0 Å². The fourth-order valence-corrected chi connectivity index (χ4v) is 4.55. The van der Waals surface area contributed by atoms with Crippen molar-refractivity contribution in [3.05, 3.63) is 84.1 Å². The Hall–Kier alpha value is -3.46. The number of aryl methyl sites for hydroxylation is 1. The fraction of sp³-hybridized carbons (Fsp3) is 0.143. The van der Waals surface area contributed by atoms with Crippen LogP contribution in [0.15, 0.2) is 71.8 Å². The van der Waals surface area contributed by atoms with Crippen LogP contribution in [0.3, 0.4) is 0 Å². The number of ether oxygens (including phenoxy) is 1. The number of methoxy groups -OCH3 is 1. The number of hydrogen-bond donors (Lipinski definition) is 0. The number of hydrogen-bond acceptors (Lipinski definition) is 5. The van der Waals surface area contributed by atoms with E-state index in [1.807, 2.05) is 0 Å². The van der Waals surface area contributed by atoms with Gasteiger partial charge in [-0.25, -0.2) is 12.8 Å². The lowest BCUT2D eigenvalue weighted by molar-refractivity contribution is 0.415. The zero-order valence-corrected chi connectivity index (χ0v) is 17.2. The molecule has 0 saturated heterocycles. The maximum absolute atomic E-state index is 14.3. The molecule has 4 aromatic rings. The molecule has 2 aromatic heterocycles. The Balaban J connectivity index is 1.83. The summed E-state index contributed by atoms with van der Waals surface area (Å²) in [5.74, 6) is 0.673. The third kappa shape index (κ3) is 3.59. The van der Waals surface area contributed by atoms with Gasteiger partial charge in [-0.1, -0.05) is 18.2 Å². The van der Waals surface area contributed by atoms with Crippen molar-refractivity contribution in [1.29, 1.82) is 0 Å². The van der Waals surface area contributed by atoms with Crippen LogP contribution in [0.25, 0.3) is 5.65 Å². The van der Waals surface area contributed by atoms with E-state index >= 15 is 0 Å². The molecule has 2 heterocycles. The first-order valence-electron chi connectivity index (χ1n) is 9.12. The van der Waals surface area contributed by atoms with Gasteiger partial charge in [0.25, 0.3) is 10.0 Å². The molecule has 0 atom stereocenters. The second kappa shape index (κ2) is 7.75. The number of halogens is 1. The molecule has 0 bridgehead atoms. The van der Waals surface area contributed by atoms with Crippen LogP contribution in [0.4, 0.5) is 10.1 Å². The minimum Gasteiger partial charge on any atom is -0.497 e. The van der Waals surface area contributed by atoms with Crippen molar-refractivity contribution in [3.63, 3.8) is 0 Å². The second-order valence-electron chi connectivity index (χ2n) is 6.64. The third-order valence-corrected chi connectivity index (χ3v) is 6.52. The number of nitrogens with zero attached hydrogens (tertiary/aromatic N) is 4. The summed E-state index contributed by atoms with van der Waals surface area (Å²) in [6.07, 6.45) is 1.47. The van der Waals surface area contributed by atoms with Gasteiger partial charge in [-0.05, 0) is 49.4 Å². The number of anilines is 1. The Morgan fingerprint density at radius 3 is 2.47 bits per heavy atom. The molecule has 0 amide bonds. The lowest BCUT2D eigenvalue weighted by Crippen LogP contribution is -2.31. The van der Waals surface area contributed by atoms with Gasteiger partial charge in [0.15, 0.2) is 5.65 Å². The molecular weight excluding hydrogens is 407 g/mol. The summed E-state index contributed by atoms with van der Waals surface area (Å²) in [5.41, 5.74) is 1.19. The summed E-state index contributed by atoms with van der Waals surface area (Å²) in [4.78, 5) is 0.0463. The van der Waals surface area contributed by atoms with Crippen molar-refractivity contribution in [1.82, 2.24) is 14.6 Å². The summed E-state index contributed by atoms with van der Waals surface area (Å²) in [5, 5.41) is 7.95. The van der Waals surface area contributed by atoms with Crippen LogP contribution < -0.4 is 9.04 Å². The lowest BCUT2D eigenvalue weighted by Gasteiger charge is -2.25. The van der Waals surface area contributed by atoms with E-state index in [0.717, 1.165) is 0 Å². The molecule has 2 aromatic carbocycles. The molecule has 0 fully saturated rings. The Morgan fingerprint density at radius 1 is 1.03 bits per heavy atom. The molecule has 0 aliphatic heterocycles. The van der Waals surface area contributed by atoms with Gasteiger partial charge in [0.05, 0.1) is 19.3 Å². The lowest BCUT2D eigenvalue weighted by atomic mass is 10.2. The molecule has 9 heteroatoms. The molecule has 4 rings (SSSR count). The van der Waals surface area contributed by atoms with Crippen molar-refractivity contribution < 1.29 is 17.5 Å². The quantitative estimate of drug-likeness (QED) is 0.471. The van der Waals surface area contributed by atoms with Gasteiger partial charge in [-0.2, -0.15) is 0 Å². The normalized spacial score (nSPS) is 11.6. The van der Waals surface area contributed by atoms with E-state index in [4.69, 9.17) is 4.74 Å². The van der Waals surface area contributed by atoms with Crippen LogP contribution >= 0.6 is 0 Å². The second-order valence-corrected chi connectivity index (χ2v) is 8.50. The van der Waals surface area contributed by atoms with Crippen LogP contribution in [0.1, 0.15) is 11.4 Å². The van der Waals surface area contributed by atoms with Crippen LogP contribution in [0.5, 0.6) is 5.75 Å². The predicted octanol–water partition coefficient (Wildman–Crippen LogP) is 3.58. The summed E-state index contributed by atoms with van der Waals surface area (Å²) < 4.78 is 49.5. The summed E-state index contributed by atoms with van der Waals surface area (Å²) in [7, 11) is -2.50. The van der Waals surface area contributed by atoms with Crippen LogP contribution in [-0.4, -0.2) is 30.1 Å². The van der Waals surface area contributed by atoms with Gasteiger partial charge < -0.3 is 4.74 Å². The van der Waals surface area contributed by atoms with Crippen LogP contribution in [-0.2, 0) is 16.6 Å². The van der Waals surface area contributed by atoms with Gasteiger partial charge in [-0.15, -0.1) is 10.2 Å². The predicted molar refractivity (Wildman–Crippen MR) is 110 cm³/mol. The van der Waals surface area contributed by atoms with E-state index in [2.05, 4.69) is 10.2 Å². The Kier molecular flexibility index (Phi) is 5.13. The van der Waals surface area contributed by atoms with E-state index in [-0.39, 0.29) is 17.0 Å². The molecule has 30 heavy (non-hydrogen) atoms. The largest absolute Gasteiger partial charge is 0.497 e. The molecule has 0 saturated carbocycles. The highest BCUT2D eigenvalue weighted by Gasteiger charge is 2.27. The van der Waals surface area contributed by atoms with Gasteiger partial charge in [0, 0.05) is 11.8 Å². The van der Waals surface area contributed by atoms with Gasteiger partial charge in [0.2, 0.25) is 0 Å². The first kappa shape index (κ1) is 19.8. The fourth-order valence-electron chi connectivity index (χ4n) is 3.11.